The number of hydrogen-bond donors (Lipinski definition) is 2. The van der Waals surface area contributed by atoms with Crippen molar-refractivity contribution < 1.29 is 24.2 Å². The summed E-state index contributed by atoms with van der Waals surface area (Å²) in [5.41, 5.74) is 1.76. The molecule has 1 aliphatic rings. The molecule has 0 radical (unpaired) electrons. The number of nitrogens with zero attached hydrogens (tertiary/aromatic N) is 1. The van der Waals surface area contributed by atoms with Gasteiger partial charge in [0, 0.05) is 24.1 Å². The van der Waals surface area contributed by atoms with Gasteiger partial charge in [0.1, 0.15) is 29.0 Å². The number of carboxylic acid groups (broad SMARTS) is 1. The third-order valence-electron chi connectivity index (χ3n) is 4.02. The van der Waals surface area contributed by atoms with Crippen LogP contribution in [-0.4, -0.2) is 34.7 Å². The molecule has 136 valence electrons. The van der Waals surface area contributed by atoms with Crippen molar-refractivity contribution in [2.75, 3.05) is 6.61 Å². The lowest BCUT2D eigenvalue weighted by molar-refractivity contribution is 0.0690. The summed E-state index contributed by atoms with van der Waals surface area (Å²) in [5, 5.41) is 11.7. The van der Waals surface area contributed by atoms with Crippen molar-refractivity contribution in [3.05, 3.63) is 52.8 Å². The van der Waals surface area contributed by atoms with Crippen LogP contribution in [0.2, 0.25) is 0 Å². The van der Waals surface area contributed by atoms with E-state index < -0.39 is 11.9 Å². The van der Waals surface area contributed by atoms with Crippen molar-refractivity contribution in [1.82, 2.24) is 10.3 Å². The topological polar surface area (TPSA) is 97.8 Å². The summed E-state index contributed by atoms with van der Waals surface area (Å²) in [4.78, 5) is 27.1. The van der Waals surface area contributed by atoms with Crippen LogP contribution in [0.5, 0.6) is 11.5 Å². The van der Waals surface area contributed by atoms with Crippen LogP contribution in [0, 0.1) is 0 Å². The van der Waals surface area contributed by atoms with Crippen LogP contribution in [0.1, 0.15) is 46.0 Å². The Morgan fingerprint density at radius 3 is 2.85 bits per heavy atom. The van der Waals surface area contributed by atoms with Crippen molar-refractivity contribution in [1.29, 1.82) is 0 Å². The summed E-state index contributed by atoms with van der Waals surface area (Å²) in [6, 6.07) is 8.13. The Kier molecular flexibility index (Phi) is 5.06. The van der Waals surface area contributed by atoms with Gasteiger partial charge in [-0.15, -0.1) is 0 Å². The highest BCUT2D eigenvalue weighted by Gasteiger charge is 2.22. The molecule has 0 spiro atoms. The summed E-state index contributed by atoms with van der Waals surface area (Å²) in [7, 11) is 0. The second-order valence-electron chi connectivity index (χ2n) is 6.03. The number of pyridine rings is 1. The number of ether oxygens (including phenoxy) is 2. The van der Waals surface area contributed by atoms with Gasteiger partial charge in [0.15, 0.2) is 0 Å². The molecule has 2 heterocycles. The molecule has 1 unspecified atom stereocenters. The van der Waals surface area contributed by atoms with Crippen LogP contribution in [0.15, 0.2) is 30.3 Å². The van der Waals surface area contributed by atoms with E-state index in [0.717, 1.165) is 23.3 Å². The first kappa shape index (κ1) is 17.7. The Morgan fingerprint density at radius 1 is 1.35 bits per heavy atom. The quantitative estimate of drug-likeness (QED) is 0.825. The maximum absolute atomic E-state index is 12.3. The Bertz CT molecular complexity index is 850. The average Bonchev–Trinajstić information content (AvgIpc) is 2.98. The van der Waals surface area contributed by atoms with E-state index in [1.165, 1.54) is 18.2 Å². The van der Waals surface area contributed by atoms with Crippen molar-refractivity contribution >= 4 is 11.9 Å². The number of fused-ring (bicyclic) bond motifs is 1. The highest BCUT2D eigenvalue weighted by molar-refractivity contribution is 5.94. The zero-order valence-corrected chi connectivity index (χ0v) is 14.6. The Labute approximate surface area is 151 Å². The molecule has 0 saturated carbocycles. The smallest absolute Gasteiger partial charge is 0.354 e. The predicted octanol–water partition coefficient (Wildman–Crippen LogP) is 2.43. The second kappa shape index (κ2) is 7.43. The molecule has 1 aromatic carbocycles. The summed E-state index contributed by atoms with van der Waals surface area (Å²) < 4.78 is 11.5. The van der Waals surface area contributed by atoms with E-state index in [4.69, 9.17) is 14.6 Å². The maximum Gasteiger partial charge on any atom is 0.354 e. The van der Waals surface area contributed by atoms with E-state index in [0.29, 0.717) is 12.4 Å². The standard InChI is InChI=1S/C19H20N2O5/c1-3-25-16-8-12-7-11(2)26-17(12)9-13(16)10-20-18(22)14-5-4-6-15(21-14)19(23)24/h4-6,8-9,11H,3,7,10H2,1-2H3,(H,20,22)(H,23,24). The molecule has 1 aliphatic heterocycles. The lowest BCUT2D eigenvalue weighted by Crippen LogP contribution is -2.24. The van der Waals surface area contributed by atoms with Gasteiger partial charge in [-0.25, -0.2) is 9.78 Å². The minimum atomic E-state index is -1.18. The molecular weight excluding hydrogens is 336 g/mol. The molecular formula is C19H20N2O5. The zero-order chi connectivity index (χ0) is 18.7. The van der Waals surface area contributed by atoms with E-state index in [1.807, 2.05) is 26.0 Å². The number of benzene rings is 1. The fourth-order valence-electron chi connectivity index (χ4n) is 2.86. The third kappa shape index (κ3) is 3.77. The van der Waals surface area contributed by atoms with Gasteiger partial charge in [-0.2, -0.15) is 0 Å². The first-order valence-electron chi connectivity index (χ1n) is 8.41. The number of rotatable bonds is 6. The summed E-state index contributed by atoms with van der Waals surface area (Å²) in [5.74, 6) is -0.124. The van der Waals surface area contributed by atoms with E-state index in [-0.39, 0.29) is 24.0 Å². The number of carbonyl (C=O) groups excluding carboxylic acids is 1. The number of hydrogen-bond acceptors (Lipinski definition) is 5. The van der Waals surface area contributed by atoms with Gasteiger partial charge in [-0.05, 0) is 38.1 Å². The lowest BCUT2D eigenvalue weighted by atomic mass is 10.1. The van der Waals surface area contributed by atoms with Gasteiger partial charge >= 0.3 is 5.97 Å². The van der Waals surface area contributed by atoms with Crippen molar-refractivity contribution in [2.24, 2.45) is 0 Å². The van der Waals surface area contributed by atoms with Gasteiger partial charge in [-0.3, -0.25) is 4.79 Å². The lowest BCUT2D eigenvalue weighted by Gasteiger charge is -2.13. The number of aromatic nitrogens is 1. The SMILES string of the molecule is CCOc1cc2c(cc1CNC(=O)c1cccc(C(=O)O)n1)OC(C)C2. The van der Waals surface area contributed by atoms with Crippen LogP contribution in [-0.2, 0) is 13.0 Å². The molecule has 0 bridgehead atoms. The maximum atomic E-state index is 12.3. The number of aromatic carboxylic acids is 1. The van der Waals surface area contributed by atoms with Gasteiger partial charge in [0.25, 0.3) is 5.91 Å². The Morgan fingerprint density at radius 2 is 2.12 bits per heavy atom. The number of carbonyl (C=O) groups is 2. The van der Waals surface area contributed by atoms with Crippen LogP contribution in [0.25, 0.3) is 0 Å². The van der Waals surface area contributed by atoms with E-state index >= 15 is 0 Å². The third-order valence-corrected chi connectivity index (χ3v) is 4.02. The monoisotopic (exact) mass is 356 g/mol. The largest absolute Gasteiger partial charge is 0.494 e. The number of carboxylic acids is 1. The fraction of sp³-hybridized carbons (Fsp3) is 0.316. The average molecular weight is 356 g/mol. The zero-order valence-electron chi connectivity index (χ0n) is 14.6. The minimum Gasteiger partial charge on any atom is -0.494 e. The Balaban J connectivity index is 1.76. The normalized spacial score (nSPS) is 15.1. The minimum absolute atomic E-state index is 0.0499. The first-order chi connectivity index (χ1) is 12.5. The molecule has 7 nitrogen and oxygen atoms in total. The molecule has 7 heteroatoms. The van der Waals surface area contributed by atoms with Crippen LogP contribution in [0.4, 0.5) is 0 Å². The van der Waals surface area contributed by atoms with E-state index in [9.17, 15) is 9.59 Å². The molecule has 3 rings (SSSR count). The molecule has 1 atom stereocenters. The molecule has 2 N–H and O–H groups in total. The van der Waals surface area contributed by atoms with Crippen molar-refractivity contribution in [2.45, 2.75) is 32.9 Å². The van der Waals surface area contributed by atoms with Gasteiger partial charge < -0.3 is 19.9 Å². The van der Waals surface area contributed by atoms with Crippen molar-refractivity contribution in [3.8, 4) is 11.5 Å². The first-order valence-corrected chi connectivity index (χ1v) is 8.41. The molecule has 1 amide bonds. The molecule has 2 aromatic rings. The number of amides is 1. The molecule has 0 saturated heterocycles. The van der Waals surface area contributed by atoms with E-state index in [2.05, 4.69) is 10.3 Å². The molecule has 26 heavy (non-hydrogen) atoms. The molecule has 0 fully saturated rings. The van der Waals surface area contributed by atoms with Gasteiger partial charge in [-0.1, -0.05) is 6.07 Å². The van der Waals surface area contributed by atoms with Crippen LogP contribution < -0.4 is 14.8 Å². The van der Waals surface area contributed by atoms with Gasteiger partial charge in [0.05, 0.1) is 6.61 Å². The number of nitrogens with one attached hydrogen (secondary N) is 1. The van der Waals surface area contributed by atoms with E-state index in [1.54, 1.807) is 0 Å². The second-order valence-corrected chi connectivity index (χ2v) is 6.03. The fourth-order valence-corrected chi connectivity index (χ4v) is 2.86. The molecule has 1 aromatic heterocycles. The van der Waals surface area contributed by atoms with Crippen molar-refractivity contribution in [3.63, 3.8) is 0 Å². The predicted molar refractivity (Wildman–Crippen MR) is 93.8 cm³/mol. The summed E-state index contributed by atoms with van der Waals surface area (Å²) in [6.07, 6.45) is 0.945. The molecule has 0 aliphatic carbocycles. The Hall–Kier alpha value is -3.09. The van der Waals surface area contributed by atoms with Crippen LogP contribution in [0.3, 0.4) is 0 Å². The van der Waals surface area contributed by atoms with Crippen LogP contribution >= 0.6 is 0 Å². The highest BCUT2D eigenvalue weighted by atomic mass is 16.5. The van der Waals surface area contributed by atoms with Gasteiger partial charge in [0.2, 0.25) is 0 Å². The highest BCUT2D eigenvalue weighted by Crippen LogP contribution is 2.35. The summed E-state index contributed by atoms with van der Waals surface area (Å²) in [6.45, 7) is 4.63. The summed E-state index contributed by atoms with van der Waals surface area (Å²) >= 11 is 0.